The van der Waals surface area contributed by atoms with Gasteiger partial charge < -0.3 is 10.6 Å². The standard InChI is InChI=1S/C16H25N5S.HI/c1-3-17-16(18-8-10-21-9-5-7-20-21)19-13-14(2)12-15-6-4-11-22-15;/h4-7,9,11,14H,3,8,10,12-13H2,1-2H3,(H2,17,18,19);1H. The van der Waals surface area contributed by atoms with Crippen molar-refractivity contribution in [3.63, 3.8) is 0 Å². The molecule has 0 aliphatic heterocycles. The Morgan fingerprint density at radius 3 is 2.91 bits per heavy atom. The Morgan fingerprint density at radius 2 is 2.26 bits per heavy atom. The van der Waals surface area contributed by atoms with Crippen LogP contribution in [0.25, 0.3) is 0 Å². The van der Waals surface area contributed by atoms with E-state index in [9.17, 15) is 0 Å². The van der Waals surface area contributed by atoms with Crippen LogP contribution in [-0.4, -0.2) is 35.4 Å². The number of rotatable bonds is 8. The molecular weight excluding hydrogens is 421 g/mol. The topological polar surface area (TPSA) is 54.2 Å². The Hall–Kier alpha value is -1.09. The molecule has 0 fully saturated rings. The van der Waals surface area contributed by atoms with Crippen molar-refractivity contribution >= 4 is 41.3 Å². The van der Waals surface area contributed by atoms with E-state index in [1.807, 2.05) is 28.3 Å². The molecule has 0 radical (unpaired) electrons. The Morgan fingerprint density at radius 1 is 1.39 bits per heavy atom. The minimum absolute atomic E-state index is 0. The van der Waals surface area contributed by atoms with Gasteiger partial charge in [0.05, 0.1) is 6.54 Å². The lowest BCUT2D eigenvalue weighted by molar-refractivity contribution is 0.583. The van der Waals surface area contributed by atoms with Gasteiger partial charge in [0.2, 0.25) is 0 Å². The number of nitrogens with zero attached hydrogens (tertiary/aromatic N) is 3. The maximum Gasteiger partial charge on any atom is 0.191 e. The Bertz CT molecular complexity index is 539. The fourth-order valence-corrected chi connectivity index (χ4v) is 3.02. The van der Waals surface area contributed by atoms with E-state index in [2.05, 4.69) is 52.1 Å². The van der Waals surface area contributed by atoms with Crippen LogP contribution >= 0.6 is 35.3 Å². The predicted molar refractivity (Wildman–Crippen MR) is 109 cm³/mol. The first-order valence-corrected chi connectivity index (χ1v) is 8.68. The van der Waals surface area contributed by atoms with Gasteiger partial charge in [0, 0.05) is 36.9 Å². The van der Waals surface area contributed by atoms with Crippen LogP contribution in [0.5, 0.6) is 0 Å². The van der Waals surface area contributed by atoms with E-state index in [1.54, 1.807) is 6.20 Å². The minimum atomic E-state index is 0. The zero-order valence-corrected chi connectivity index (χ0v) is 16.9. The third-order valence-electron chi connectivity index (χ3n) is 3.23. The largest absolute Gasteiger partial charge is 0.357 e. The SMILES string of the molecule is CCNC(=NCC(C)Cc1cccs1)NCCn1cccn1.I. The average molecular weight is 447 g/mol. The van der Waals surface area contributed by atoms with Crippen LogP contribution in [-0.2, 0) is 13.0 Å². The molecule has 0 aromatic carbocycles. The van der Waals surface area contributed by atoms with Crippen LogP contribution in [0.3, 0.4) is 0 Å². The molecule has 0 aliphatic rings. The van der Waals surface area contributed by atoms with Gasteiger partial charge in [-0.05, 0) is 36.8 Å². The summed E-state index contributed by atoms with van der Waals surface area (Å²) in [5.41, 5.74) is 0. The highest BCUT2D eigenvalue weighted by molar-refractivity contribution is 14.0. The van der Waals surface area contributed by atoms with E-state index in [0.29, 0.717) is 5.92 Å². The van der Waals surface area contributed by atoms with Crippen LogP contribution in [0.4, 0.5) is 0 Å². The van der Waals surface area contributed by atoms with E-state index in [-0.39, 0.29) is 24.0 Å². The number of aromatic nitrogens is 2. The minimum Gasteiger partial charge on any atom is -0.357 e. The lowest BCUT2D eigenvalue weighted by Crippen LogP contribution is -2.39. The number of guanidine groups is 1. The zero-order valence-electron chi connectivity index (χ0n) is 13.7. The Labute approximate surface area is 159 Å². The number of halogens is 1. The van der Waals surface area contributed by atoms with Crippen molar-refractivity contribution in [1.29, 1.82) is 0 Å². The van der Waals surface area contributed by atoms with Gasteiger partial charge in [-0.3, -0.25) is 9.67 Å². The summed E-state index contributed by atoms with van der Waals surface area (Å²) >= 11 is 1.82. The zero-order chi connectivity index (χ0) is 15.6. The molecule has 0 aliphatic carbocycles. The lowest BCUT2D eigenvalue weighted by atomic mass is 10.1. The van der Waals surface area contributed by atoms with Crippen molar-refractivity contribution in [3.05, 3.63) is 40.8 Å². The molecule has 23 heavy (non-hydrogen) atoms. The first-order chi connectivity index (χ1) is 10.8. The molecule has 2 aromatic rings. The van der Waals surface area contributed by atoms with Gasteiger partial charge in [-0.15, -0.1) is 35.3 Å². The van der Waals surface area contributed by atoms with Gasteiger partial charge in [0.15, 0.2) is 5.96 Å². The van der Waals surface area contributed by atoms with Crippen molar-refractivity contribution < 1.29 is 0 Å². The van der Waals surface area contributed by atoms with Crippen molar-refractivity contribution in [2.75, 3.05) is 19.6 Å². The summed E-state index contributed by atoms with van der Waals surface area (Å²) in [7, 11) is 0. The Kier molecular flexibility index (Phi) is 9.93. The van der Waals surface area contributed by atoms with Crippen LogP contribution in [0.15, 0.2) is 41.0 Å². The average Bonchev–Trinajstić information content (AvgIpc) is 3.18. The second kappa shape index (κ2) is 11.4. The third-order valence-corrected chi connectivity index (χ3v) is 4.13. The first kappa shape index (κ1) is 20.0. The fraction of sp³-hybridized carbons (Fsp3) is 0.500. The number of hydrogen-bond acceptors (Lipinski definition) is 3. The van der Waals surface area contributed by atoms with Gasteiger partial charge in [0.25, 0.3) is 0 Å². The maximum absolute atomic E-state index is 4.68. The molecule has 2 aromatic heterocycles. The summed E-state index contributed by atoms with van der Waals surface area (Å²) in [6, 6.07) is 6.24. The number of nitrogens with one attached hydrogen (secondary N) is 2. The molecule has 0 spiro atoms. The van der Waals surface area contributed by atoms with E-state index in [1.165, 1.54) is 4.88 Å². The highest BCUT2D eigenvalue weighted by atomic mass is 127. The first-order valence-electron chi connectivity index (χ1n) is 7.80. The highest BCUT2D eigenvalue weighted by Gasteiger charge is 2.05. The summed E-state index contributed by atoms with van der Waals surface area (Å²) in [5.74, 6) is 1.42. The third kappa shape index (κ3) is 7.83. The van der Waals surface area contributed by atoms with Gasteiger partial charge in [-0.25, -0.2) is 0 Å². The Balaban J connectivity index is 0.00000264. The quantitative estimate of drug-likeness (QED) is 0.372. The highest BCUT2D eigenvalue weighted by Crippen LogP contribution is 2.14. The smallest absolute Gasteiger partial charge is 0.191 e. The molecule has 1 unspecified atom stereocenters. The summed E-state index contributed by atoms with van der Waals surface area (Å²) in [6.07, 6.45) is 4.86. The summed E-state index contributed by atoms with van der Waals surface area (Å²) in [4.78, 5) is 6.11. The predicted octanol–water partition coefficient (Wildman–Crippen LogP) is 3.00. The van der Waals surface area contributed by atoms with Crippen LogP contribution in [0.1, 0.15) is 18.7 Å². The summed E-state index contributed by atoms with van der Waals surface area (Å²) in [5, 5.41) is 13.0. The molecule has 0 bridgehead atoms. The molecule has 7 heteroatoms. The maximum atomic E-state index is 4.68. The van der Waals surface area contributed by atoms with E-state index in [0.717, 1.165) is 38.6 Å². The summed E-state index contributed by atoms with van der Waals surface area (Å²) < 4.78 is 1.91. The second-order valence-electron chi connectivity index (χ2n) is 5.30. The molecule has 2 heterocycles. The van der Waals surface area contributed by atoms with Crippen molar-refractivity contribution in [2.24, 2.45) is 10.9 Å². The monoisotopic (exact) mass is 447 g/mol. The molecule has 1 atom stereocenters. The van der Waals surface area contributed by atoms with Gasteiger partial charge in [-0.2, -0.15) is 5.10 Å². The molecular formula is C16H26IN5S. The van der Waals surface area contributed by atoms with Crippen LogP contribution in [0, 0.1) is 5.92 Å². The number of thiophene rings is 1. The van der Waals surface area contributed by atoms with E-state index < -0.39 is 0 Å². The molecule has 2 rings (SSSR count). The molecule has 2 N–H and O–H groups in total. The van der Waals surface area contributed by atoms with Gasteiger partial charge in [-0.1, -0.05) is 13.0 Å². The molecule has 5 nitrogen and oxygen atoms in total. The van der Waals surface area contributed by atoms with Crippen LogP contribution < -0.4 is 10.6 Å². The molecule has 0 amide bonds. The second-order valence-corrected chi connectivity index (χ2v) is 6.34. The lowest BCUT2D eigenvalue weighted by Gasteiger charge is -2.13. The molecule has 128 valence electrons. The number of hydrogen-bond donors (Lipinski definition) is 2. The number of aliphatic imine (C=N–C) groups is 1. The van der Waals surface area contributed by atoms with Gasteiger partial charge in [0.1, 0.15) is 0 Å². The summed E-state index contributed by atoms with van der Waals surface area (Å²) in [6.45, 7) is 7.67. The van der Waals surface area contributed by atoms with E-state index in [4.69, 9.17) is 0 Å². The van der Waals surface area contributed by atoms with E-state index >= 15 is 0 Å². The normalized spacial score (nSPS) is 12.5. The van der Waals surface area contributed by atoms with Crippen molar-refractivity contribution in [2.45, 2.75) is 26.8 Å². The molecule has 0 saturated heterocycles. The molecule has 0 saturated carbocycles. The van der Waals surface area contributed by atoms with Gasteiger partial charge >= 0.3 is 0 Å². The fourth-order valence-electron chi connectivity index (χ4n) is 2.15. The van der Waals surface area contributed by atoms with Crippen molar-refractivity contribution in [3.8, 4) is 0 Å². The van der Waals surface area contributed by atoms with Crippen LogP contribution in [0.2, 0.25) is 0 Å². The van der Waals surface area contributed by atoms with Crippen molar-refractivity contribution in [1.82, 2.24) is 20.4 Å².